The van der Waals surface area contributed by atoms with Crippen molar-refractivity contribution in [2.75, 3.05) is 6.61 Å². The van der Waals surface area contributed by atoms with Crippen molar-refractivity contribution in [2.24, 2.45) is 5.92 Å². The first-order valence-electron chi connectivity index (χ1n) is 6.33. The van der Waals surface area contributed by atoms with Gasteiger partial charge in [0.15, 0.2) is 6.10 Å². The predicted octanol–water partition coefficient (Wildman–Crippen LogP) is 3.92. The van der Waals surface area contributed by atoms with Gasteiger partial charge in [0.05, 0.1) is 6.61 Å². The van der Waals surface area contributed by atoms with Crippen LogP contribution in [0.5, 0.6) is 5.75 Å². The van der Waals surface area contributed by atoms with E-state index in [9.17, 15) is 13.2 Å². The van der Waals surface area contributed by atoms with E-state index in [0.29, 0.717) is 18.6 Å². The van der Waals surface area contributed by atoms with Crippen LogP contribution in [-0.4, -0.2) is 18.8 Å². The minimum Gasteiger partial charge on any atom is -0.431 e. The average Bonchev–Trinajstić information content (AvgIpc) is 2.34. The average molecular weight is 274 g/mol. The van der Waals surface area contributed by atoms with Crippen LogP contribution >= 0.6 is 0 Å². The Labute approximate surface area is 110 Å². The lowest BCUT2D eigenvalue weighted by molar-refractivity contribution is -0.264. The van der Waals surface area contributed by atoms with E-state index in [1.807, 2.05) is 6.92 Å². The molecule has 1 aliphatic rings. The maximum absolute atomic E-state index is 13.9. The van der Waals surface area contributed by atoms with Crippen molar-refractivity contribution < 1.29 is 22.6 Å². The number of aryl methyl sites for hydroxylation is 1. The van der Waals surface area contributed by atoms with Crippen molar-refractivity contribution in [2.45, 2.75) is 38.9 Å². The summed E-state index contributed by atoms with van der Waals surface area (Å²) >= 11 is 0. The molecule has 2 rings (SSSR count). The molecule has 1 aromatic carbocycles. The topological polar surface area (TPSA) is 18.5 Å². The summed E-state index contributed by atoms with van der Waals surface area (Å²) in [5.74, 6) is -0.467. The highest BCUT2D eigenvalue weighted by atomic mass is 19.3. The first kappa shape index (κ1) is 14.2. The molecule has 2 nitrogen and oxygen atoms in total. The van der Waals surface area contributed by atoms with Crippen LogP contribution in [0.3, 0.4) is 0 Å². The first-order chi connectivity index (χ1) is 8.88. The van der Waals surface area contributed by atoms with Crippen molar-refractivity contribution in [3.05, 3.63) is 29.6 Å². The monoisotopic (exact) mass is 274 g/mol. The molecule has 106 valence electrons. The molecule has 0 radical (unpaired) electrons. The summed E-state index contributed by atoms with van der Waals surface area (Å²) in [6.07, 6.45) is -3.80. The van der Waals surface area contributed by atoms with Crippen molar-refractivity contribution in [3.63, 3.8) is 0 Å². The quantitative estimate of drug-likeness (QED) is 0.831. The molecule has 5 heteroatoms. The largest absolute Gasteiger partial charge is 0.431 e. The number of ether oxygens (including phenoxy) is 2. The van der Waals surface area contributed by atoms with E-state index in [1.54, 1.807) is 6.92 Å². The van der Waals surface area contributed by atoms with Gasteiger partial charge in [-0.15, -0.1) is 0 Å². The summed E-state index contributed by atoms with van der Waals surface area (Å²) in [6.45, 7) is 3.80. The smallest absolute Gasteiger partial charge is 0.424 e. The second-order valence-corrected chi connectivity index (χ2v) is 5.08. The van der Waals surface area contributed by atoms with Gasteiger partial charge in [-0.2, -0.15) is 8.78 Å². The van der Waals surface area contributed by atoms with Crippen LogP contribution in [0.2, 0.25) is 0 Å². The summed E-state index contributed by atoms with van der Waals surface area (Å²) < 4.78 is 50.8. The Morgan fingerprint density at radius 1 is 1.32 bits per heavy atom. The maximum Gasteiger partial charge on any atom is 0.424 e. The second-order valence-electron chi connectivity index (χ2n) is 5.08. The van der Waals surface area contributed by atoms with Crippen LogP contribution in [0.25, 0.3) is 0 Å². The zero-order valence-electron chi connectivity index (χ0n) is 11.0. The van der Waals surface area contributed by atoms with Crippen LogP contribution in [0.15, 0.2) is 18.2 Å². The molecule has 19 heavy (non-hydrogen) atoms. The van der Waals surface area contributed by atoms with Gasteiger partial charge in [0, 0.05) is 6.07 Å². The molecule has 1 fully saturated rings. The van der Waals surface area contributed by atoms with Crippen molar-refractivity contribution in [3.8, 4) is 5.75 Å². The number of alkyl halides is 2. The van der Waals surface area contributed by atoms with E-state index in [2.05, 4.69) is 4.74 Å². The lowest BCUT2D eigenvalue weighted by Gasteiger charge is -2.32. The highest BCUT2D eigenvalue weighted by Crippen LogP contribution is 2.33. The fourth-order valence-electron chi connectivity index (χ4n) is 2.01. The minimum atomic E-state index is -3.44. The minimum absolute atomic E-state index is 0.185. The van der Waals surface area contributed by atoms with Crippen molar-refractivity contribution >= 4 is 0 Å². The lowest BCUT2D eigenvalue weighted by atomic mass is 10.00. The SMILES string of the molecule is Cc1ccc(OC(F)(F)C2CCC(C)CO2)cc1F. The van der Waals surface area contributed by atoms with Crippen LogP contribution < -0.4 is 4.74 Å². The molecule has 2 unspecified atom stereocenters. The standard InChI is InChI=1S/C14H17F3O2/c1-9-3-6-13(18-8-9)14(16,17)19-11-5-4-10(2)12(15)7-11/h4-5,7,9,13H,3,6,8H2,1-2H3. The molecule has 2 atom stereocenters. The molecule has 0 spiro atoms. The molecular weight excluding hydrogens is 257 g/mol. The summed E-state index contributed by atoms with van der Waals surface area (Å²) in [4.78, 5) is 0. The molecule has 0 bridgehead atoms. The van der Waals surface area contributed by atoms with Crippen LogP contribution in [-0.2, 0) is 4.74 Å². The highest BCUT2D eigenvalue weighted by Gasteiger charge is 2.45. The van der Waals surface area contributed by atoms with E-state index >= 15 is 0 Å². The number of hydrogen-bond donors (Lipinski definition) is 0. The zero-order valence-corrected chi connectivity index (χ0v) is 11.0. The highest BCUT2D eigenvalue weighted by molar-refractivity contribution is 5.28. The maximum atomic E-state index is 13.9. The third-order valence-electron chi connectivity index (χ3n) is 3.28. The molecule has 0 N–H and O–H groups in total. The normalized spacial score (nSPS) is 24.3. The van der Waals surface area contributed by atoms with Gasteiger partial charge in [-0.25, -0.2) is 4.39 Å². The van der Waals surface area contributed by atoms with E-state index < -0.39 is 18.0 Å². The van der Waals surface area contributed by atoms with Crippen LogP contribution in [0.1, 0.15) is 25.3 Å². The van der Waals surface area contributed by atoms with E-state index in [4.69, 9.17) is 4.74 Å². The molecule has 0 saturated carbocycles. The Morgan fingerprint density at radius 2 is 2.05 bits per heavy atom. The third-order valence-corrected chi connectivity index (χ3v) is 3.28. The molecule has 0 amide bonds. The molecular formula is C14H17F3O2. The number of rotatable bonds is 3. The Morgan fingerprint density at radius 3 is 2.63 bits per heavy atom. The van der Waals surface area contributed by atoms with Crippen molar-refractivity contribution in [1.29, 1.82) is 0 Å². The second kappa shape index (κ2) is 5.41. The van der Waals surface area contributed by atoms with Crippen LogP contribution in [0, 0.1) is 18.7 Å². The summed E-state index contributed by atoms with van der Waals surface area (Å²) in [5, 5.41) is 0. The molecule has 0 aromatic heterocycles. The molecule has 1 saturated heterocycles. The van der Waals surface area contributed by atoms with Crippen LogP contribution in [0.4, 0.5) is 13.2 Å². The van der Waals surface area contributed by atoms with Gasteiger partial charge in [-0.3, -0.25) is 0 Å². The fourth-order valence-corrected chi connectivity index (χ4v) is 2.01. The summed E-state index contributed by atoms with van der Waals surface area (Å²) in [6, 6.07) is 3.71. The Bertz CT molecular complexity index is 440. The zero-order chi connectivity index (χ0) is 14.0. The van der Waals surface area contributed by atoms with Gasteiger partial charge in [0.1, 0.15) is 11.6 Å². The summed E-state index contributed by atoms with van der Waals surface area (Å²) in [7, 11) is 0. The van der Waals surface area contributed by atoms with Gasteiger partial charge < -0.3 is 9.47 Å². The van der Waals surface area contributed by atoms with Crippen molar-refractivity contribution in [1.82, 2.24) is 0 Å². The van der Waals surface area contributed by atoms with E-state index in [-0.39, 0.29) is 18.1 Å². The van der Waals surface area contributed by atoms with Gasteiger partial charge in [0.25, 0.3) is 0 Å². The summed E-state index contributed by atoms with van der Waals surface area (Å²) in [5.41, 5.74) is 0.387. The van der Waals surface area contributed by atoms with Gasteiger partial charge in [-0.05, 0) is 37.3 Å². The third kappa shape index (κ3) is 3.41. The Hall–Kier alpha value is -1.23. The molecule has 1 aliphatic heterocycles. The van der Waals surface area contributed by atoms with Gasteiger partial charge >= 0.3 is 6.11 Å². The van der Waals surface area contributed by atoms with E-state index in [1.165, 1.54) is 12.1 Å². The van der Waals surface area contributed by atoms with E-state index in [0.717, 1.165) is 6.07 Å². The fraction of sp³-hybridized carbons (Fsp3) is 0.571. The first-order valence-corrected chi connectivity index (χ1v) is 6.33. The Balaban J connectivity index is 2.05. The number of benzene rings is 1. The van der Waals surface area contributed by atoms with Gasteiger partial charge in [0.2, 0.25) is 0 Å². The molecule has 1 aromatic rings. The lowest BCUT2D eigenvalue weighted by Crippen LogP contribution is -2.44. The number of halogens is 3. The predicted molar refractivity (Wildman–Crippen MR) is 64.9 cm³/mol. The molecule has 0 aliphatic carbocycles. The number of hydrogen-bond acceptors (Lipinski definition) is 2. The Kier molecular flexibility index (Phi) is 4.04. The molecule has 1 heterocycles. The van der Waals surface area contributed by atoms with Gasteiger partial charge in [-0.1, -0.05) is 13.0 Å².